The largest absolute Gasteiger partial charge is 0.416 e. The Bertz CT molecular complexity index is 625. The number of nitrogens with one attached hydrogen (secondary N) is 2. The van der Waals surface area contributed by atoms with E-state index in [1.54, 1.807) is 0 Å². The molecule has 1 aromatic rings. The molecule has 0 radical (unpaired) electrons. The molecule has 0 heterocycles. The lowest BCUT2D eigenvalue weighted by molar-refractivity contribution is -0.137. The van der Waals surface area contributed by atoms with E-state index in [1.165, 1.54) is 25.1 Å². The van der Waals surface area contributed by atoms with E-state index in [2.05, 4.69) is 16.6 Å². The Kier molecular flexibility index (Phi) is 7.37. The van der Waals surface area contributed by atoms with E-state index in [0.717, 1.165) is 12.1 Å². The molecule has 0 saturated carbocycles. The smallest absolute Gasteiger partial charge is 0.384 e. The molecule has 0 aliphatic heterocycles. The van der Waals surface area contributed by atoms with Crippen molar-refractivity contribution < 1.29 is 22.7 Å². The summed E-state index contributed by atoms with van der Waals surface area (Å²) in [7, 11) is 1.51. The zero-order valence-corrected chi connectivity index (χ0v) is 15.5. The van der Waals surface area contributed by atoms with Crippen LogP contribution in [0.15, 0.2) is 30.5 Å². The minimum Gasteiger partial charge on any atom is -0.384 e. The molecule has 2 N–H and O–H groups in total. The van der Waals surface area contributed by atoms with Gasteiger partial charge in [0.05, 0.1) is 23.4 Å². The van der Waals surface area contributed by atoms with Crippen LogP contribution in [0, 0.1) is 0 Å². The summed E-state index contributed by atoms with van der Waals surface area (Å²) in [5.74, 6) is -0.649. The molecule has 0 spiro atoms. The molecule has 1 amide bonds. The van der Waals surface area contributed by atoms with Gasteiger partial charge in [-0.3, -0.25) is 4.79 Å². The topological polar surface area (TPSA) is 50.4 Å². The van der Waals surface area contributed by atoms with E-state index >= 15 is 0 Å². The number of carbonyl (C=O) groups is 1. The van der Waals surface area contributed by atoms with Crippen molar-refractivity contribution in [1.29, 1.82) is 0 Å². The second-order valence-corrected chi connectivity index (χ2v) is 8.01. The van der Waals surface area contributed by atoms with Gasteiger partial charge in [0.25, 0.3) is 5.91 Å². The molecular formula is C17H23F3N2O2S. The maximum atomic E-state index is 13.0. The Balaban J connectivity index is 3.09. The van der Waals surface area contributed by atoms with Crippen LogP contribution in [0.25, 0.3) is 0 Å². The minimum atomic E-state index is -4.53. The first-order valence-electron chi connectivity index (χ1n) is 7.57. The van der Waals surface area contributed by atoms with Crippen molar-refractivity contribution in [1.82, 2.24) is 5.32 Å². The number of carbonyl (C=O) groups excluding carboxylic acids is 1. The van der Waals surface area contributed by atoms with Crippen molar-refractivity contribution in [2.45, 2.75) is 38.1 Å². The zero-order valence-electron chi connectivity index (χ0n) is 14.7. The third-order valence-electron chi connectivity index (χ3n) is 2.96. The van der Waals surface area contributed by atoms with Gasteiger partial charge in [0, 0.05) is 24.0 Å². The summed E-state index contributed by atoms with van der Waals surface area (Å²) in [6.07, 6.45) is -4.15. The number of hydrogen-bond donors (Lipinski definition) is 2. The quantitative estimate of drug-likeness (QED) is 0.669. The van der Waals surface area contributed by atoms with Gasteiger partial charge in [0.15, 0.2) is 0 Å². The predicted molar refractivity (Wildman–Crippen MR) is 95.5 cm³/mol. The first kappa shape index (κ1) is 21.4. The molecule has 1 rings (SSSR count). The van der Waals surface area contributed by atoms with Crippen LogP contribution in [-0.2, 0) is 10.9 Å². The normalized spacial score (nSPS) is 12.0. The summed E-state index contributed by atoms with van der Waals surface area (Å²) in [5, 5.41) is 2.52. The van der Waals surface area contributed by atoms with Crippen LogP contribution in [-0.4, -0.2) is 24.4 Å². The molecule has 0 bridgehead atoms. The third-order valence-corrected chi connectivity index (χ3v) is 3.89. The first-order valence-corrected chi connectivity index (χ1v) is 8.39. The van der Waals surface area contributed by atoms with Gasteiger partial charge < -0.3 is 14.8 Å². The van der Waals surface area contributed by atoms with Crippen molar-refractivity contribution in [3.05, 3.63) is 41.6 Å². The van der Waals surface area contributed by atoms with Crippen molar-refractivity contribution in [2.24, 2.45) is 0 Å². The zero-order chi connectivity index (χ0) is 19.3. The number of alkyl halides is 3. The van der Waals surface area contributed by atoms with Gasteiger partial charge in [-0.15, -0.1) is 0 Å². The van der Waals surface area contributed by atoms with Gasteiger partial charge in [-0.05, 0) is 50.9 Å². The van der Waals surface area contributed by atoms with E-state index in [0.29, 0.717) is 24.4 Å². The van der Waals surface area contributed by atoms with Crippen LogP contribution in [0.4, 0.5) is 18.9 Å². The number of hydrogen-bond acceptors (Lipinski definition) is 4. The van der Waals surface area contributed by atoms with Gasteiger partial charge in [-0.1, -0.05) is 6.58 Å². The van der Waals surface area contributed by atoms with Gasteiger partial charge in [0.1, 0.15) is 0 Å². The average molecular weight is 376 g/mol. The molecule has 4 nitrogen and oxygen atoms in total. The molecule has 1 aromatic carbocycles. The molecule has 0 atom stereocenters. The number of methoxy groups -OCH3 is 1. The predicted octanol–water partition coefficient (Wildman–Crippen LogP) is 4.84. The monoisotopic (exact) mass is 376 g/mol. The van der Waals surface area contributed by atoms with Crippen molar-refractivity contribution in [3.63, 3.8) is 0 Å². The van der Waals surface area contributed by atoms with E-state index in [4.69, 9.17) is 4.74 Å². The summed E-state index contributed by atoms with van der Waals surface area (Å²) >= 11 is 1.31. The lowest BCUT2D eigenvalue weighted by Gasteiger charge is -2.21. The highest BCUT2D eigenvalue weighted by molar-refractivity contribution is 8.01. The number of halogens is 3. The van der Waals surface area contributed by atoms with E-state index in [-0.39, 0.29) is 10.3 Å². The molecule has 0 aromatic heterocycles. The van der Waals surface area contributed by atoms with Crippen molar-refractivity contribution in [3.8, 4) is 0 Å². The first-order chi connectivity index (χ1) is 11.4. The SMILES string of the molecule is C=C(CCOC)NC(=O)c1cc(C(F)(F)F)ccc1NSC(C)(C)C. The summed E-state index contributed by atoms with van der Waals surface area (Å²) in [6.45, 7) is 9.87. The van der Waals surface area contributed by atoms with Crippen LogP contribution < -0.4 is 10.0 Å². The van der Waals surface area contributed by atoms with E-state index < -0.39 is 17.6 Å². The van der Waals surface area contributed by atoms with Crippen LogP contribution in [0.3, 0.4) is 0 Å². The number of benzene rings is 1. The summed E-state index contributed by atoms with van der Waals surface area (Å²) < 4.78 is 46.6. The summed E-state index contributed by atoms with van der Waals surface area (Å²) in [5.41, 5.74) is -0.291. The van der Waals surface area contributed by atoms with Gasteiger partial charge in [-0.2, -0.15) is 13.2 Å². The van der Waals surface area contributed by atoms with Crippen molar-refractivity contribution in [2.75, 3.05) is 18.4 Å². The van der Waals surface area contributed by atoms with Gasteiger partial charge in [-0.25, -0.2) is 0 Å². The van der Waals surface area contributed by atoms with Crippen LogP contribution in [0.2, 0.25) is 0 Å². The number of rotatable bonds is 7. The Labute approximate surface area is 150 Å². The highest BCUT2D eigenvalue weighted by Gasteiger charge is 2.32. The molecule has 25 heavy (non-hydrogen) atoms. The molecular weight excluding hydrogens is 353 g/mol. The molecule has 0 aliphatic carbocycles. The van der Waals surface area contributed by atoms with Gasteiger partial charge >= 0.3 is 6.18 Å². The number of ether oxygens (including phenoxy) is 1. The second-order valence-electron chi connectivity index (χ2n) is 6.38. The maximum Gasteiger partial charge on any atom is 0.416 e. The highest BCUT2D eigenvalue weighted by Crippen LogP contribution is 2.34. The van der Waals surface area contributed by atoms with E-state index in [1.807, 2.05) is 20.8 Å². The van der Waals surface area contributed by atoms with E-state index in [9.17, 15) is 18.0 Å². The fourth-order valence-corrected chi connectivity index (χ4v) is 2.32. The average Bonchev–Trinajstić information content (AvgIpc) is 2.49. The molecule has 0 fully saturated rings. The summed E-state index contributed by atoms with van der Waals surface area (Å²) in [4.78, 5) is 12.4. The van der Waals surface area contributed by atoms with Crippen LogP contribution >= 0.6 is 11.9 Å². The Morgan fingerprint density at radius 3 is 2.44 bits per heavy atom. The second kappa shape index (κ2) is 8.62. The molecule has 8 heteroatoms. The van der Waals surface area contributed by atoms with Crippen molar-refractivity contribution >= 4 is 23.5 Å². The molecule has 0 saturated heterocycles. The molecule has 140 valence electrons. The fraction of sp³-hybridized carbons (Fsp3) is 0.471. The van der Waals surface area contributed by atoms with Gasteiger partial charge in [0.2, 0.25) is 0 Å². The molecule has 0 aliphatic rings. The fourth-order valence-electron chi connectivity index (χ4n) is 1.72. The highest BCUT2D eigenvalue weighted by atomic mass is 32.2. The van der Waals surface area contributed by atoms with Crippen LogP contribution in [0.5, 0.6) is 0 Å². The Morgan fingerprint density at radius 1 is 1.28 bits per heavy atom. The van der Waals surface area contributed by atoms with Crippen LogP contribution in [0.1, 0.15) is 43.1 Å². The number of amides is 1. The Hall–Kier alpha value is -1.67. The minimum absolute atomic E-state index is 0.0925. The standard InChI is InChI=1S/C17H23F3N2O2S/c1-11(8-9-24-5)21-15(23)13-10-12(17(18,19)20)6-7-14(13)22-25-16(2,3)4/h6-7,10,22H,1,8-9H2,2-5H3,(H,21,23). The maximum absolute atomic E-state index is 13.0. The third kappa shape index (κ3) is 7.39. The Morgan fingerprint density at radius 2 is 1.92 bits per heavy atom. The molecule has 0 unspecified atom stereocenters. The lowest BCUT2D eigenvalue weighted by Crippen LogP contribution is -2.24. The summed E-state index contributed by atoms with van der Waals surface area (Å²) in [6, 6.07) is 3.04. The number of anilines is 1. The lowest BCUT2D eigenvalue weighted by atomic mass is 10.1.